The molecule has 250 valence electrons. The maximum Gasteiger partial charge on any atom is 0.264 e. The molecule has 11 heteroatoms. The lowest BCUT2D eigenvalue weighted by Crippen LogP contribution is -2.33. The lowest BCUT2D eigenvalue weighted by molar-refractivity contribution is 0.588. The Bertz CT molecular complexity index is 2430. The quantitative estimate of drug-likeness (QED) is 0.178. The molecule has 0 aliphatic carbocycles. The minimum absolute atomic E-state index is 0.324. The number of anilines is 2. The van der Waals surface area contributed by atoms with E-state index < -0.39 is 20.0 Å². The summed E-state index contributed by atoms with van der Waals surface area (Å²) in [6.45, 7) is 8.56. The first kappa shape index (κ1) is 33.7. The van der Waals surface area contributed by atoms with E-state index in [1.165, 1.54) is 0 Å². The van der Waals surface area contributed by atoms with Crippen LogP contribution in [0.2, 0.25) is 0 Å². The number of aryl methyl sites for hydroxylation is 3. The molecule has 0 fully saturated rings. The minimum atomic E-state index is -3.62. The molecule has 4 heterocycles. The molecule has 49 heavy (non-hydrogen) atoms. The molecular weight excluding hydrogens is 757 g/mol. The lowest BCUT2D eigenvalue weighted by Gasteiger charge is -2.30. The third kappa shape index (κ3) is 5.95. The third-order valence-corrected chi connectivity index (χ3v) is 15.7. The fourth-order valence-electron chi connectivity index (χ4n) is 6.21. The van der Waals surface area contributed by atoms with Gasteiger partial charge < -0.3 is 0 Å². The number of benzene rings is 4. The molecule has 0 saturated heterocycles. The van der Waals surface area contributed by atoms with E-state index in [0.717, 1.165) is 69.4 Å². The molecule has 2 aromatic heterocycles. The highest BCUT2D eigenvalue weighted by Crippen LogP contribution is 2.51. The Balaban J connectivity index is 0.000000154. The van der Waals surface area contributed by atoms with Crippen molar-refractivity contribution in [2.75, 3.05) is 8.61 Å². The van der Waals surface area contributed by atoms with E-state index in [1.807, 2.05) is 93.7 Å². The standard InChI is InChI=1S/C19H16BrNO2S2.C19H17NO2S2/c1-12-7-9-15(10-8-12)25(22,23)21-11-14-5-3-4-6-16(14)18-17(21)13(2)19(20)24-18;1-13-7-9-16(10-8-13)24(21,22)20-11-15-5-3-4-6-17(15)19-18(20)14(2)12-23-19/h3-10H,11H2,1-2H3;3-10,12H,11H2,1-2H3. The van der Waals surface area contributed by atoms with Crippen LogP contribution in [0.25, 0.3) is 20.9 Å². The number of thiophene rings is 2. The SMILES string of the molecule is Cc1ccc(S(=O)(=O)N2Cc3ccccc3-c3sc(Br)c(C)c32)cc1.Cc1ccc(S(=O)(=O)N2Cc3ccccc3-c3scc(C)c32)cc1. The van der Waals surface area contributed by atoms with Gasteiger partial charge in [0.05, 0.1) is 47.8 Å². The van der Waals surface area contributed by atoms with Crippen LogP contribution < -0.4 is 8.61 Å². The van der Waals surface area contributed by atoms with Crippen molar-refractivity contribution in [3.05, 3.63) is 140 Å². The summed E-state index contributed by atoms with van der Waals surface area (Å²) in [5.41, 5.74) is 9.99. The fourth-order valence-corrected chi connectivity index (χ4v) is 12.2. The molecular formula is C38H33BrN2O4S4. The average Bonchev–Trinajstić information content (AvgIpc) is 3.63. The Labute approximate surface area is 304 Å². The van der Waals surface area contributed by atoms with E-state index in [9.17, 15) is 16.8 Å². The highest BCUT2D eigenvalue weighted by atomic mass is 79.9. The molecule has 0 amide bonds. The first-order valence-corrected chi connectivity index (χ1v) is 21.0. The summed E-state index contributed by atoms with van der Waals surface area (Å²) in [5, 5.41) is 2.03. The van der Waals surface area contributed by atoms with Crippen molar-refractivity contribution in [2.24, 2.45) is 0 Å². The average molecular weight is 790 g/mol. The van der Waals surface area contributed by atoms with Gasteiger partial charge in [0, 0.05) is 0 Å². The summed E-state index contributed by atoms with van der Waals surface area (Å²) in [4.78, 5) is 2.70. The summed E-state index contributed by atoms with van der Waals surface area (Å²) < 4.78 is 57.3. The summed E-state index contributed by atoms with van der Waals surface area (Å²) in [7, 11) is -7.21. The molecule has 6 aromatic rings. The van der Waals surface area contributed by atoms with Crippen LogP contribution in [-0.4, -0.2) is 16.8 Å². The van der Waals surface area contributed by atoms with Gasteiger partial charge >= 0.3 is 0 Å². The van der Waals surface area contributed by atoms with Crippen molar-refractivity contribution < 1.29 is 16.8 Å². The molecule has 8 rings (SSSR count). The molecule has 6 nitrogen and oxygen atoms in total. The Kier molecular flexibility index (Phi) is 8.85. The summed E-state index contributed by atoms with van der Waals surface area (Å²) >= 11 is 6.78. The number of rotatable bonds is 4. The predicted molar refractivity (Wildman–Crippen MR) is 206 cm³/mol. The van der Waals surface area contributed by atoms with Crippen LogP contribution in [0.4, 0.5) is 11.4 Å². The number of hydrogen-bond donors (Lipinski definition) is 0. The van der Waals surface area contributed by atoms with Crippen LogP contribution in [0, 0.1) is 27.7 Å². The van der Waals surface area contributed by atoms with Crippen molar-refractivity contribution >= 4 is 70.0 Å². The van der Waals surface area contributed by atoms with Gasteiger partial charge in [-0.05, 0) is 107 Å². The zero-order valence-electron chi connectivity index (χ0n) is 27.3. The number of sulfonamides is 2. The molecule has 0 unspecified atom stereocenters. The Morgan fingerprint density at radius 1 is 0.592 bits per heavy atom. The van der Waals surface area contributed by atoms with Crippen LogP contribution in [-0.2, 0) is 33.1 Å². The number of halogens is 1. The second-order valence-corrected chi connectivity index (χ2v) is 19.2. The van der Waals surface area contributed by atoms with Crippen molar-refractivity contribution in [3.8, 4) is 20.9 Å². The summed E-state index contributed by atoms with van der Waals surface area (Å²) in [6, 6.07) is 30.1. The van der Waals surface area contributed by atoms with E-state index in [4.69, 9.17) is 0 Å². The molecule has 0 bridgehead atoms. The van der Waals surface area contributed by atoms with E-state index in [2.05, 4.69) is 28.1 Å². The maximum absolute atomic E-state index is 13.3. The summed E-state index contributed by atoms with van der Waals surface area (Å²) in [5.74, 6) is 0. The summed E-state index contributed by atoms with van der Waals surface area (Å²) in [6.07, 6.45) is 0. The molecule has 2 aliphatic rings. The van der Waals surface area contributed by atoms with Crippen molar-refractivity contribution in [1.29, 1.82) is 0 Å². The first-order chi connectivity index (χ1) is 23.4. The first-order valence-electron chi connectivity index (χ1n) is 15.6. The van der Waals surface area contributed by atoms with Gasteiger partial charge in [0.1, 0.15) is 0 Å². The van der Waals surface area contributed by atoms with Gasteiger partial charge in [-0.3, -0.25) is 8.61 Å². The van der Waals surface area contributed by atoms with E-state index in [0.29, 0.717) is 22.9 Å². The molecule has 0 radical (unpaired) electrons. The number of nitrogens with zero attached hydrogens (tertiary/aromatic N) is 2. The zero-order chi connectivity index (χ0) is 34.7. The Morgan fingerprint density at radius 3 is 1.55 bits per heavy atom. The highest BCUT2D eigenvalue weighted by Gasteiger charge is 2.36. The largest absolute Gasteiger partial charge is 0.264 e. The molecule has 0 saturated carbocycles. The Hall–Kier alpha value is -3.74. The van der Waals surface area contributed by atoms with Crippen LogP contribution in [0.15, 0.2) is 116 Å². The van der Waals surface area contributed by atoms with Crippen LogP contribution in [0.5, 0.6) is 0 Å². The van der Waals surface area contributed by atoms with Crippen molar-refractivity contribution in [2.45, 2.75) is 50.6 Å². The van der Waals surface area contributed by atoms with Gasteiger partial charge in [0.15, 0.2) is 0 Å². The normalized spacial score (nSPS) is 13.5. The molecule has 4 aromatic carbocycles. The second-order valence-electron chi connectivity index (χ2n) is 12.2. The maximum atomic E-state index is 13.3. The van der Waals surface area contributed by atoms with Gasteiger partial charge in [0.2, 0.25) is 0 Å². The minimum Gasteiger partial charge on any atom is -0.260 e. The second kappa shape index (κ2) is 12.9. The highest BCUT2D eigenvalue weighted by molar-refractivity contribution is 9.11. The smallest absolute Gasteiger partial charge is 0.260 e. The molecule has 0 N–H and O–H groups in total. The van der Waals surface area contributed by atoms with E-state index in [-0.39, 0.29) is 0 Å². The van der Waals surface area contributed by atoms with Gasteiger partial charge in [-0.15, -0.1) is 22.7 Å². The zero-order valence-corrected chi connectivity index (χ0v) is 32.1. The van der Waals surface area contributed by atoms with Crippen molar-refractivity contribution in [3.63, 3.8) is 0 Å². The molecule has 0 spiro atoms. The topological polar surface area (TPSA) is 74.8 Å². The number of fused-ring (bicyclic) bond motifs is 6. The fraction of sp³-hybridized carbons (Fsp3) is 0.158. The predicted octanol–water partition coefficient (Wildman–Crippen LogP) is 10.2. The van der Waals surface area contributed by atoms with Crippen LogP contribution in [0.1, 0.15) is 33.4 Å². The van der Waals surface area contributed by atoms with Crippen molar-refractivity contribution in [1.82, 2.24) is 0 Å². The van der Waals surface area contributed by atoms with Crippen LogP contribution >= 0.6 is 38.6 Å². The number of hydrogen-bond acceptors (Lipinski definition) is 6. The monoisotopic (exact) mass is 788 g/mol. The third-order valence-electron chi connectivity index (χ3n) is 8.87. The van der Waals surface area contributed by atoms with Crippen LogP contribution in [0.3, 0.4) is 0 Å². The molecule has 2 aliphatic heterocycles. The van der Waals surface area contributed by atoms with Gasteiger partial charge in [-0.25, -0.2) is 16.8 Å². The van der Waals surface area contributed by atoms with E-state index >= 15 is 0 Å². The molecule has 0 atom stereocenters. The van der Waals surface area contributed by atoms with Gasteiger partial charge in [0.25, 0.3) is 20.0 Å². The van der Waals surface area contributed by atoms with E-state index in [1.54, 1.807) is 55.5 Å². The lowest BCUT2D eigenvalue weighted by atomic mass is 10.0. The Morgan fingerprint density at radius 2 is 1.04 bits per heavy atom. The van der Waals surface area contributed by atoms with Gasteiger partial charge in [-0.1, -0.05) is 83.9 Å². The van der Waals surface area contributed by atoms with Gasteiger partial charge in [-0.2, -0.15) is 0 Å².